The molecular weight excluding hydrogens is 292 g/mol. The molecule has 0 N–H and O–H groups in total. The van der Waals surface area contributed by atoms with E-state index in [2.05, 4.69) is 40.5 Å². The predicted octanol–water partition coefficient (Wildman–Crippen LogP) is 2.72. The summed E-state index contributed by atoms with van der Waals surface area (Å²) in [7, 11) is 3.30. The molecule has 0 aliphatic rings. The molecule has 0 aliphatic carbocycles. The number of hydrogen-bond acceptors (Lipinski definition) is 5. The number of benzene rings is 2. The molecule has 0 saturated heterocycles. The average Bonchev–Trinajstić information content (AvgIpc) is 3.06. The van der Waals surface area contributed by atoms with E-state index in [9.17, 15) is 0 Å². The predicted molar refractivity (Wildman–Crippen MR) is 87.7 cm³/mol. The monoisotopic (exact) mass is 312 g/mol. The molecule has 1 aromatic heterocycles. The fourth-order valence-electron chi connectivity index (χ4n) is 2.77. The fraction of sp³-hybridized carbons (Fsp3) is 0.353. The van der Waals surface area contributed by atoms with Crippen LogP contribution in [0.1, 0.15) is 12.5 Å². The van der Waals surface area contributed by atoms with Gasteiger partial charge in [-0.05, 0) is 46.0 Å². The van der Waals surface area contributed by atoms with E-state index in [-0.39, 0.29) is 0 Å². The minimum absolute atomic E-state index is 0.418. The lowest BCUT2D eigenvalue weighted by atomic mass is 9.98. The zero-order valence-corrected chi connectivity index (χ0v) is 13.6. The molecule has 6 nitrogen and oxygen atoms in total. The molecule has 3 aromatic rings. The molecule has 120 valence electrons. The van der Waals surface area contributed by atoms with Crippen molar-refractivity contribution in [2.45, 2.75) is 19.9 Å². The first-order valence-corrected chi connectivity index (χ1v) is 7.55. The average molecular weight is 312 g/mol. The largest absolute Gasteiger partial charge is 0.493 e. The molecular formula is C17H20N4O2. The van der Waals surface area contributed by atoms with Crippen LogP contribution in [0.2, 0.25) is 0 Å². The van der Waals surface area contributed by atoms with Crippen LogP contribution >= 0.6 is 0 Å². The first-order valence-electron chi connectivity index (χ1n) is 7.55. The van der Waals surface area contributed by atoms with Gasteiger partial charge in [-0.25, -0.2) is 0 Å². The highest BCUT2D eigenvalue weighted by Gasteiger charge is 2.09. The Kier molecular flexibility index (Phi) is 4.41. The van der Waals surface area contributed by atoms with Gasteiger partial charge in [-0.1, -0.05) is 25.1 Å². The fourth-order valence-corrected chi connectivity index (χ4v) is 2.77. The minimum Gasteiger partial charge on any atom is -0.493 e. The van der Waals surface area contributed by atoms with Crippen LogP contribution in [0.4, 0.5) is 0 Å². The van der Waals surface area contributed by atoms with Crippen molar-refractivity contribution in [1.82, 2.24) is 20.2 Å². The highest BCUT2D eigenvalue weighted by molar-refractivity contribution is 5.86. The standard InChI is InChI=1S/C17H20N4O2/c1-12(10-21-19-11-18-20-21)6-13-4-5-14-8-16(22-2)17(23-3)9-15(14)7-13/h4-5,7-9,11-12H,6,10H2,1-3H3. The van der Waals surface area contributed by atoms with E-state index in [0.717, 1.165) is 35.2 Å². The van der Waals surface area contributed by atoms with Gasteiger partial charge in [0.05, 0.1) is 20.8 Å². The van der Waals surface area contributed by atoms with Crippen molar-refractivity contribution in [1.29, 1.82) is 0 Å². The van der Waals surface area contributed by atoms with E-state index in [4.69, 9.17) is 9.47 Å². The Hall–Kier alpha value is -2.63. The third-order valence-corrected chi connectivity index (χ3v) is 3.86. The van der Waals surface area contributed by atoms with Crippen LogP contribution in [0.15, 0.2) is 36.7 Å². The quantitative estimate of drug-likeness (QED) is 0.700. The Balaban J connectivity index is 1.81. The van der Waals surface area contributed by atoms with Crippen molar-refractivity contribution < 1.29 is 9.47 Å². The van der Waals surface area contributed by atoms with Gasteiger partial charge in [0.25, 0.3) is 0 Å². The number of ether oxygens (including phenoxy) is 2. The number of tetrazole rings is 1. The second-order valence-corrected chi connectivity index (χ2v) is 5.69. The summed E-state index contributed by atoms with van der Waals surface area (Å²) in [5, 5.41) is 14.0. The van der Waals surface area contributed by atoms with Crippen molar-refractivity contribution in [3.05, 3.63) is 42.2 Å². The van der Waals surface area contributed by atoms with Crippen LogP contribution < -0.4 is 9.47 Å². The SMILES string of the molecule is COc1cc2ccc(CC(C)Cn3ncnn3)cc2cc1OC. The van der Waals surface area contributed by atoms with Gasteiger partial charge in [0.15, 0.2) is 17.8 Å². The number of aromatic nitrogens is 4. The molecule has 0 aliphatic heterocycles. The lowest BCUT2D eigenvalue weighted by Gasteiger charge is -2.13. The van der Waals surface area contributed by atoms with E-state index in [0.29, 0.717) is 5.92 Å². The molecule has 0 spiro atoms. The Morgan fingerprint density at radius 1 is 1.04 bits per heavy atom. The van der Waals surface area contributed by atoms with Gasteiger partial charge in [-0.3, -0.25) is 0 Å². The maximum absolute atomic E-state index is 5.38. The maximum atomic E-state index is 5.38. The Labute approximate surface area is 135 Å². The topological polar surface area (TPSA) is 62.1 Å². The summed E-state index contributed by atoms with van der Waals surface area (Å²) in [5.41, 5.74) is 1.28. The molecule has 23 heavy (non-hydrogen) atoms. The maximum Gasteiger partial charge on any atom is 0.162 e. The van der Waals surface area contributed by atoms with Gasteiger partial charge >= 0.3 is 0 Å². The second kappa shape index (κ2) is 6.64. The molecule has 1 heterocycles. The number of hydrogen-bond donors (Lipinski definition) is 0. The molecule has 1 atom stereocenters. The number of fused-ring (bicyclic) bond motifs is 1. The summed E-state index contributed by atoms with van der Waals surface area (Å²) in [5.74, 6) is 1.91. The van der Waals surface area contributed by atoms with Crippen molar-refractivity contribution in [3.63, 3.8) is 0 Å². The van der Waals surface area contributed by atoms with E-state index < -0.39 is 0 Å². The van der Waals surface area contributed by atoms with Crippen LogP contribution in [0.3, 0.4) is 0 Å². The zero-order valence-electron chi connectivity index (χ0n) is 13.6. The molecule has 3 rings (SSSR count). The van der Waals surface area contributed by atoms with Crippen LogP contribution in [0, 0.1) is 5.92 Å². The van der Waals surface area contributed by atoms with Crippen molar-refractivity contribution in [2.24, 2.45) is 5.92 Å². The first kappa shape index (κ1) is 15.3. The molecule has 0 fully saturated rings. The third kappa shape index (κ3) is 3.41. The summed E-state index contributed by atoms with van der Waals surface area (Å²) >= 11 is 0. The smallest absolute Gasteiger partial charge is 0.162 e. The van der Waals surface area contributed by atoms with Crippen molar-refractivity contribution in [3.8, 4) is 11.5 Å². The lowest BCUT2D eigenvalue weighted by molar-refractivity contribution is 0.356. The molecule has 2 aromatic carbocycles. The normalized spacial score (nSPS) is 12.3. The molecule has 1 unspecified atom stereocenters. The molecule has 0 amide bonds. The van der Waals surface area contributed by atoms with Gasteiger partial charge in [-0.15, -0.1) is 10.2 Å². The lowest BCUT2D eigenvalue weighted by Crippen LogP contribution is -2.12. The van der Waals surface area contributed by atoms with Crippen molar-refractivity contribution >= 4 is 10.8 Å². The van der Waals surface area contributed by atoms with E-state index >= 15 is 0 Å². The van der Waals surface area contributed by atoms with Crippen LogP contribution in [-0.2, 0) is 13.0 Å². The summed E-state index contributed by atoms with van der Waals surface area (Å²) in [6, 6.07) is 10.5. The van der Waals surface area contributed by atoms with E-state index in [1.807, 2.05) is 12.1 Å². The Morgan fingerprint density at radius 3 is 2.43 bits per heavy atom. The summed E-state index contributed by atoms with van der Waals surface area (Å²) in [4.78, 5) is 1.62. The highest BCUT2D eigenvalue weighted by Crippen LogP contribution is 2.32. The van der Waals surface area contributed by atoms with Gasteiger partial charge in [0, 0.05) is 0 Å². The summed E-state index contributed by atoms with van der Waals surface area (Å²) < 4.78 is 10.7. The summed E-state index contributed by atoms with van der Waals surface area (Å²) in [6.07, 6.45) is 2.41. The van der Waals surface area contributed by atoms with E-state index in [1.165, 1.54) is 11.9 Å². The number of nitrogens with zero attached hydrogens (tertiary/aromatic N) is 4. The molecule has 0 bridgehead atoms. The van der Waals surface area contributed by atoms with Gasteiger partial charge in [-0.2, -0.15) is 4.80 Å². The van der Waals surface area contributed by atoms with E-state index in [1.54, 1.807) is 19.0 Å². The van der Waals surface area contributed by atoms with Gasteiger partial charge in [0.2, 0.25) is 0 Å². The Bertz CT molecular complexity index is 787. The second-order valence-electron chi connectivity index (χ2n) is 5.69. The van der Waals surface area contributed by atoms with Crippen LogP contribution in [0.25, 0.3) is 10.8 Å². The van der Waals surface area contributed by atoms with Crippen LogP contribution in [0.5, 0.6) is 11.5 Å². The highest BCUT2D eigenvalue weighted by atomic mass is 16.5. The zero-order chi connectivity index (χ0) is 16.2. The Morgan fingerprint density at radius 2 is 1.78 bits per heavy atom. The van der Waals surface area contributed by atoms with Gasteiger partial charge < -0.3 is 9.47 Å². The number of rotatable bonds is 6. The summed E-state index contributed by atoms with van der Waals surface area (Å²) in [6.45, 7) is 2.94. The minimum atomic E-state index is 0.418. The van der Waals surface area contributed by atoms with Crippen molar-refractivity contribution in [2.75, 3.05) is 14.2 Å². The van der Waals surface area contributed by atoms with Gasteiger partial charge in [0.1, 0.15) is 0 Å². The number of methoxy groups -OCH3 is 2. The molecule has 6 heteroatoms. The first-order chi connectivity index (χ1) is 11.2. The third-order valence-electron chi connectivity index (χ3n) is 3.86. The van der Waals surface area contributed by atoms with Crippen LogP contribution in [-0.4, -0.2) is 34.4 Å². The molecule has 0 radical (unpaired) electrons. The molecule has 0 saturated carbocycles.